The summed E-state index contributed by atoms with van der Waals surface area (Å²) in [7, 11) is -3.89. The summed E-state index contributed by atoms with van der Waals surface area (Å²) in [5.41, 5.74) is 5.23. The molecule has 2 N–H and O–H groups in total. The van der Waals surface area contributed by atoms with Crippen LogP contribution in [0.2, 0.25) is 0 Å². The summed E-state index contributed by atoms with van der Waals surface area (Å²) in [6.45, 7) is 2.05. The summed E-state index contributed by atoms with van der Waals surface area (Å²) >= 11 is 0. The average molecular weight is 313 g/mol. The monoisotopic (exact) mass is 313 g/mol. The Bertz CT molecular complexity index is 639. The molecule has 8 heteroatoms. The highest BCUT2D eigenvalue weighted by Crippen LogP contribution is 2.33. The largest absolute Gasteiger partial charge is 0.399 e. The van der Waals surface area contributed by atoms with Gasteiger partial charge in [0.2, 0.25) is 10.0 Å². The topological polar surface area (TPSA) is 107 Å². The molecule has 0 amide bonds. The Labute approximate surface area is 123 Å². The molecule has 0 unspecified atom stereocenters. The fourth-order valence-corrected chi connectivity index (χ4v) is 4.67. The molecular weight excluding hydrogens is 294 g/mol. The Morgan fingerprint density at radius 3 is 2.52 bits per heavy atom. The molecule has 0 heterocycles. The van der Waals surface area contributed by atoms with Gasteiger partial charge >= 0.3 is 0 Å². The van der Waals surface area contributed by atoms with E-state index in [1.165, 1.54) is 16.4 Å². The minimum Gasteiger partial charge on any atom is -0.399 e. The van der Waals surface area contributed by atoms with Crippen molar-refractivity contribution in [3.63, 3.8) is 0 Å². The maximum Gasteiger partial charge on any atom is 0.291 e. The van der Waals surface area contributed by atoms with Crippen LogP contribution in [-0.2, 0) is 10.0 Å². The van der Waals surface area contributed by atoms with Crippen molar-refractivity contribution in [3.8, 4) is 0 Å². The summed E-state index contributed by atoms with van der Waals surface area (Å²) < 4.78 is 26.9. The summed E-state index contributed by atoms with van der Waals surface area (Å²) in [6.07, 6.45) is 3.58. The Hall–Kier alpha value is -1.67. The number of rotatable bonds is 5. The van der Waals surface area contributed by atoms with Gasteiger partial charge < -0.3 is 5.73 Å². The van der Waals surface area contributed by atoms with Crippen LogP contribution in [0.15, 0.2) is 23.1 Å². The highest BCUT2D eigenvalue weighted by atomic mass is 32.2. The number of nitro groups is 1. The van der Waals surface area contributed by atoms with E-state index in [0.29, 0.717) is 6.54 Å². The first-order valence-corrected chi connectivity index (χ1v) is 8.37. The van der Waals surface area contributed by atoms with Gasteiger partial charge in [0.25, 0.3) is 5.69 Å². The molecule has 116 valence electrons. The van der Waals surface area contributed by atoms with Crippen LogP contribution in [0.25, 0.3) is 0 Å². The summed E-state index contributed by atoms with van der Waals surface area (Å²) in [4.78, 5) is 10.1. The number of benzene rings is 1. The van der Waals surface area contributed by atoms with Gasteiger partial charge in [0.15, 0.2) is 4.90 Å². The van der Waals surface area contributed by atoms with Gasteiger partial charge in [-0.15, -0.1) is 0 Å². The van der Waals surface area contributed by atoms with E-state index >= 15 is 0 Å². The van der Waals surface area contributed by atoms with Gasteiger partial charge in [-0.1, -0.05) is 19.8 Å². The molecule has 0 saturated heterocycles. The predicted molar refractivity (Wildman–Crippen MR) is 79.3 cm³/mol. The van der Waals surface area contributed by atoms with Crippen molar-refractivity contribution in [1.82, 2.24) is 4.31 Å². The van der Waals surface area contributed by atoms with Crippen molar-refractivity contribution < 1.29 is 13.3 Å². The molecule has 1 fully saturated rings. The minimum absolute atomic E-state index is 0.0721. The number of sulfonamides is 1. The van der Waals surface area contributed by atoms with Gasteiger partial charge in [0, 0.05) is 24.3 Å². The van der Waals surface area contributed by atoms with Crippen molar-refractivity contribution in [3.05, 3.63) is 28.3 Å². The maximum atomic E-state index is 12.8. The summed E-state index contributed by atoms with van der Waals surface area (Å²) in [5, 5.41) is 11.1. The van der Waals surface area contributed by atoms with Gasteiger partial charge in [-0.3, -0.25) is 10.1 Å². The molecule has 0 spiro atoms. The highest BCUT2D eigenvalue weighted by molar-refractivity contribution is 7.89. The van der Waals surface area contributed by atoms with Crippen LogP contribution in [-0.4, -0.2) is 30.2 Å². The van der Waals surface area contributed by atoms with Crippen LogP contribution < -0.4 is 5.73 Å². The lowest BCUT2D eigenvalue weighted by atomic mass is 10.2. The molecule has 0 radical (unpaired) electrons. The second kappa shape index (κ2) is 5.98. The average Bonchev–Trinajstić information content (AvgIpc) is 2.92. The number of nitrogens with two attached hydrogens (primary N) is 1. The van der Waals surface area contributed by atoms with Gasteiger partial charge in [0.1, 0.15) is 0 Å². The van der Waals surface area contributed by atoms with Crippen molar-refractivity contribution in [1.29, 1.82) is 0 Å². The van der Waals surface area contributed by atoms with Crippen molar-refractivity contribution in [2.75, 3.05) is 12.3 Å². The maximum absolute atomic E-state index is 12.8. The fourth-order valence-electron chi connectivity index (χ4n) is 2.84. The fraction of sp³-hybridized carbons (Fsp3) is 0.538. The Morgan fingerprint density at radius 1 is 1.38 bits per heavy atom. The van der Waals surface area contributed by atoms with Crippen molar-refractivity contribution in [2.24, 2.45) is 0 Å². The lowest BCUT2D eigenvalue weighted by Gasteiger charge is -2.26. The SMILES string of the molecule is CCN(C1CCCC1)S(=O)(=O)c1ccc(N)cc1[N+](=O)[O-]. The number of nitrogen functional groups attached to an aromatic ring is 1. The van der Waals surface area contributed by atoms with Crippen LogP contribution in [0.3, 0.4) is 0 Å². The predicted octanol–water partition coefficient (Wildman–Crippen LogP) is 2.13. The summed E-state index contributed by atoms with van der Waals surface area (Å²) in [5.74, 6) is 0. The third kappa shape index (κ3) is 3.01. The molecule has 21 heavy (non-hydrogen) atoms. The Balaban J connectivity index is 2.49. The van der Waals surface area contributed by atoms with Crippen molar-refractivity contribution in [2.45, 2.75) is 43.5 Å². The molecule has 2 rings (SSSR count). The van der Waals surface area contributed by atoms with Crippen LogP contribution >= 0.6 is 0 Å². The van der Waals surface area contributed by atoms with Gasteiger partial charge in [-0.25, -0.2) is 8.42 Å². The zero-order valence-corrected chi connectivity index (χ0v) is 12.7. The first-order chi connectivity index (χ1) is 9.87. The number of nitro benzene ring substituents is 1. The standard InChI is InChI=1S/C13H19N3O4S/c1-2-15(11-5-3-4-6-11)21(19,20)13-8-7-10(14)9-12(13)16(17)18/h7-9,11H,2-6,14H2,1H3. The van der Waals surface area contributed by atoms with Crippen LogP contribution in [0, 0.1) is 10.1 Å². The number of nitrogens with zero attached hydrogens (tertiary/aromatic N) is 2. The molecule has 7 nitrogen and oxygen atoms in total. The third-order valence-corrected chi connectivity index (χ3v) is 5.88. The van der Waals surface area contributed by atoms with Crippen LogP contribution in [0.5, 0.6) is 0 Å². The Kier molecular flexibility index (Phi) is 4.48. The van der Waals surface area contributed by atoms with E-state index in [2.05, 4.69) is 0 Å². The van der Waals surface area contributed by atoms with Crippen LogP contribution in [0.1, 0.15) is 32.6 Å². The van der Waals surface area contributed by atoms with Crippen LogP contribution in [0.4, 0.5) is 11.4 Å². The van der Waals surface area contributed by atoms with E-state index in [-0.39, 0.29) is 16.6 Å². The molecule has 0 bridgehead atoms. The van der Waals surface area contributed by atoms with E-state index in [0.717, 1.165) is 31.7 Å². The van der Waals surface area contributed by atoms with Crippen molar-refractivity contribution >= 4 is 21.4 Å². The lowest BCUT2D eigenvalue weighted by molar-refractivity contribution is -0.387. The first kappa shape index (κ1) is 15.7. The molecule has 0 aliphatic heterocycles. The van der Waals surface area contributed by atoms with E-state index in [1.807, 2.05) is 0 Å². The molecule has 1 aliphatic rings. The van der Waals surface area contributed by atoms with E-state index in [4.69, 9.17) is 5.73 Å². The second-order valence-corrected chi connectivity index (χ2v) is 6.99. The zero-order valence-electron chi connectivity index (χ0n) is 11.9. The molecule has 1 aliphatic carbocycles. The third-order valence-electron chi connectivity index (χ3n) is 3.81. The van der Waals surface area contributed by atoms with Gasteiger partial charge in [-0.2, -0.15) is 4.31 Å². The number of hydrogen-bond donors (Lipinski definition) is 1. The second-order valence-electron chi connectivity index (χ2n) is 5.13. The zero-order chi connectivity index (χ0) is 15.6. The van der Waals surface area contributed by atoms with Gasteiger partial charge in [-0.05, 0) is 25.0 Å². The smallest absolute Gasteiger partial charge is 0.291 e. The van der Waals surface area contributed by atoms with Gasteiger partial charge in [0.05, 0.1) is 4.92 Å². The highest BCUT2D eigenvalue weighted by Gasteiger charge is 2.36. The molecule has 1 saturated carbocycles. The molecular formula is C13H19N3O4S. The molecule has 1 aromatic rings. The number of anilines is 1. The normalized spacial score (nSPS) is 16.5. The molecule has 0 atom stereocenters. The lowest BCUT2D eigenvalue weighted by Crippen LogP contribution is -2.38. The first-order valence-electron chi connectivity index (χ1n) is 6.93. The number of hydrogen-bond acceptors (Lipinski definition) is 5. The quantitative estimate of drug-likeness (QED) is 0.509. The Morgan fingerprint density at radius 2 is 2.00 bits per heavy atom. The minimum atomic E-state index is -3.89. The molecule has 1 aromatic carbocycles. The molecule has 0 aromatic heterocycles. The summed E-state index contributed by atoms with van der Waals surface area (Å²) in [6, 6.07) is 3.62. The van der Waals surface area contributed by atoms with E-state index < -0.39 is 20.6 Å². The van der Waals surface area contributed by atoms with E-state index in [1.54, 1.807) is 6.92 Å². The van der Waals surface area contributed by atoms with E-state index in [9.17, 15) is 18.5 Å².